The molecule has 1 aromatic rings. The van der Waals surface area contributed by atoms with Gasteiger partial charge in [0, 0.05) is 9.89 Å². The van der Waals surface area contributed by atoms with Gasteiger partial charge in [-0.1, -0.05) is 32.9 Å². The molecule has 1 amide bonds. The van der Waals surface area contributed by atoms with Crippen LogP contribution in [0.25, 0.3) is 0 Å². The van der Waals surface area contributed by atoms with Gasteiger partial charge in [0.2, 0.25) is 5.91 Å². The Hall–Kier alpha value is -0.830. The molecule has 88 valence electrons. The monoisotopic (exact) mass is 283 g/mol. The van der Waals surface area contributed by atoms with Crippen molar-refractivity contribution >= 4 is 27.5 Å². The summed E-state index contributed by atoms with van der Waals surface area (Å²) in [6.45, 7) is 7.92. The van der Waals surface area contributed by atoms with Crippen LogP contribution >= 0.6 is 15.9 Å². The molecule has 0 aromatic heterocycles. The third-order valence-electron chi connectivity index (χ3n) is 2.94. The van der Waals surface area contributed by atoms with Gasteiger partial charge in [0.15, 0.2) is 0 Å². The van der Waals surface area contributed by atoms with Gasteiger partial charge in [-0.05, 0) is 40.9 Å². The van der Waals surface area contributed by atoms with Gasteiger partial charge in [-0.2, -0.15) is 0 Å². The second-order valence-electron chi connectivity index (χ2n) is 4.63. The summed E-state index contributed by atoms with van der Waals surface area (Å²) in [6.07, 6.45) is 0.822. The van der Waals surface area contributed by atoms with Crippen molar-refractivity contribution in [3.63, 3.8) is 0 Å². The quantitative estimate of drug-likeness (QED) is 0.888. The molecule has 0 radical (unpaired) electrons. The van der Waals surface area contributed by atoms with Crippen molar-refractivity contribution in [3.05, 3.63) is 28.2 Å². The molecule has 2 nitrogen and oxygen atoms in total. The maximum atomic E-state index is 12.0. The zero-order chi connectivity index (χ0) is 12.3. The third kappa shape index (κ3) is 2.85. The summed E-state index contributed by atoms with van der Waals surface area (Å²) < 4.78 is 0.954. The van der Waals surface area contributed by atoms with E-state index in [9.17, 15) is 4.79 Å². The molecule has 16 heavy (non-hydrogen) atoms. The van der Waals surface area contributed by atoms with Gasteiger partial charge >= 0.3 is 0 Å². The minimum absolute atomic E-state index is 0.0568. The summed E-state index contributed by atoms with van der Waals surface area (Å²) in [7, 11) is 0. The zero-order valence-corrected chi connectivity index (χ0v) is 11.8. The zero-order valence-electron chi connectivity index (χ0n) is 10.2. The normalized spacial score (nSPS) is 11.3. The average Bonchev–Trinajstić information content (AvgIpc) is 2.24. The lowest BCUT2D eigenvalue weighted by atomic mass is 9.89. The first-order valence-electron chi connectivity index (χ1n) is 5.45. The first-order valence-corrected chi connectivity index (χ1v) is 6.24. The first-order chi connectivity index (χ1) is 7.38. The van der Waals surface area contributed by atoms with Crippen molar-refractivity contribution in [3.8, 4) is 0 Å². The Balaban J connectivity index is 2.90. The summed E-state index contributed by atoms with van der Waals surface area (Å²) in [6, 6.07) is 5.85. The average molecular weight is 284 g/mol. The Labute approximate surface area is 106 Å². The minimum Gasteiger partial charge on any atom is -0.325 e. The van der Waals surface area contributed by atoms with Crippen LogP contribution < -0.4 is 5.32 Å². The van der Waals surface area contributed by atoms with Crippen molar-refractivity contribution in [2.75, 3.05) is 5.32 Å². The molecule has 0 heterocycles. The standard InChI is InChI=1S/C13H18BrNO/c1-5-13(3,4)12(16)15-10-8-6-7-9(2)11(10)14/h6-8H,5H2,1-4H3,(H,15,16). The van der Waals surface area contributed by atoms with Gasteiger partial charge in [0.1, 0.15) is 0 Å². The lowest BCUT2D eigenvalue weighted by Gasteiger charge is -2.22. The Morgan fingerprint density at radius 1 is 1.44 bits per heavy atom. The number of anilines is 1. The van der Waals surface area contributed by atoms with Gasteiger partial charge in [-0.15, -0.1) is 0 Å². The fourth-order valence-electron chi connectivity index (χ4n) is 1.20. The van der Waals surface area contributed by atoms with Crippen LogP contribution in [-0.4, -0.2) is 5.91 Å². The predicted molar refractivity (Wildman–Crippen MR) is 71.6 cm³/mol. The van der Waals surface area contributed by atoms with Crippen LogP contribution in [0, 0.1) is 12.3 Å². The molecule has 0 bridgehead atoms. The number of benzene rings is 1. The highest BCUT2D eigenvalue weighted by molar-refractivity contribution is 9.10. The number of aryl methyl sites for hydroxylation is 1. The van der Waals surface area contributed by atoms with Crippen molar-refractivity contribution in [1.29, 1.82) is 0 Å². The summed E-state index contributed by atoms with van der Waals surface area (Å²) in [5.41, 5.74) is 1.63. The van der Waals surface area contributed by atoms with Gasteiger partial charge in [-0.3, -0.25) is 4.79 Å². The van der Waals surface area contributed by atoms with E-state index in [0.29, 0.717) is 0 Å². The number of hydrogen-bond acceptors (Lipinski definition) is 1. The molecule has 0 unspecified atom stereocenters. The van der Waals surface area contributed by atoms with E-state index in [1.165, 1.54) is 0 Å². The van der Waals surface area contributed by atoms with E-state index in [1.807, 2.05) is 45.9 Å². The molecule has 0 saturated heterocycles. The Bertz CT molecular complexity index is 399. The van der Waals surface area contributed by atoms with Crippen molar-refractivity contribution < 1.29 is 4.79 Å². The molecule has 3 heteroatoms. The second-order valence-corrected chi connectivity index (χ2v) is 5.42. The Kier molecular flexibility index (Phi) is 4.14. The number of halogens is 1. The highest BCUT2D eigenvalue weighted by Crippen LogP contribution is 2.28. The van der Waals surface area contributed by atoms with Crippen LogP contribution in [0.1, 0.15) is 32.8 Å². The maximum absolute atomic E-state index is 12.0. The molecule has 0 aliphatic rings. The number of carbonyl (C=O) groups excluding carboxylic acids is 1. The molecule has 0 aliphatic carbocycles. The van der Waals surface area contributed by atoms with E-state index in [1.54, 1.807) is 0 Å². The Morgan fingerprint density at radius 2 is 2.06 bits per heavy atom. The molecule has 0 spiro atoms. The summed E-state index contributed by atoms with van der Waals surface area (Å²) >= 11 is 3.48. The fraction of sp³-hybridized carbons (Fsp3) is 0.462. The van der Waals surface area contributed by atoms with E-state index in [-0.39, 0.29) is 11.3 Å². The molecule has 1 N–H and O–H groups in total. The van der Waals surface area contributed by atoms with E-state index in [4.69, 9.17) is 0 Å². The van der Waals surface area contributed by atoms with Crippen LogP contribution in [0.15, 0.2) is 22.7 Å². The number of hydrogen-bond donors (Lipinski definition) is 1. The van der Waals surface area contributed by atoms with E-state index in [0.717, 1.165) is 22.1 Å². The molecule has 0 aliphatic heterocycles. The van der Waals surface area contributed by atoms with Crippen molar-refractivity contribution in [2.45, 2.75) is 34.1 Å². The summed E-state index contributed by atoms with van der Waals surface area (Å²) in [5.74, 6) is 0.0568. The molecule has 0 saturated carbocycles. The van der Waals surface area contributed by atoms with Crippen LogP contribution in [0.2, 0.25) is 0 Å². The summed E-state index contributed by atoms with van der Waals surface area (Å²) in [4.78, 5) is 12.0. The van der Waals surface area contributed by atoms with Crippen LogP contribution in [0.4, 0.5) is 5.69 Å². The molecular weight excluding hydrogens is 266 g/mol. The number of amides is 1. The molecule has 1 aromatic carbocycles. The molecule has 0 atom stereocenters. The van der Waals surface area contributed by atoms with Gasteiger partial charge in [-0.25, -0.2) is 0 Å². The number of rotatable bonds is 3. The van der Waals surface area contributed by atoms with Gasteiger partial charge in [0.05, 0.1) is 5.69 Å². The topological polar surface area (TPSA) is 29.1 Å². The van der Waals surface area contributed by atoms with Crippen LogP contribution in [-0.2, 0) is 4.79 Å². The van der Waals surface area contributed by atoms with Crippen LogP contribution in [0.5, 0.6) is 0 Å². The first kappa shape index (κ1) is 13.2. The Morgan fingerprint density at radius 3 is 2.62 bits per heavy atom. The third-order valence-corrected chi connectivity index (χ3v) is 3.99. The highest BCUT2D eigenvalue weighted by Gasteiger charge is 2.25. The van der Waals surface area contributed by atoms with E-state index >= 15 is 0 Å². The lowest BCUT2D eigenvalue weighted by Crippen LogP contribution is -2.30. The summed E-state index contributed by atoms with van der Waals surface area (Å²) in [5, 5.41) is 2.96. The van der Waals surface area contributed by atoms with Crippen molar-refractivity contribution in [2.24, 2.45) is 5.41 Å². The fourth-order valence-corrected chi connectivity index (χ4v) is 1.56. The molecular formula is C13H18BrNO. The number of nitrogens with one attached hydrogen (secondary N) is 1. The van der Waals surface area contributed by atoms with E-state index < -0.39 is 0 Å². The lowest BCUT2D eigenvalue weighted by molar-refractivity contribution is -0.124. The number of carbonyl (C=O) groups is 1. The molecule has 1 rings (SSSR count). The van der Waals surface area contributed by atoms with Gasteiger partial charge in [0.25, 0.3) is 0 Å². The second kappa shape index (κ2) is 5.00. The van der Waals surface area contributed by atoms with Crippen LogP contribution in [0.3, 0.4) is 0 Å². The highest BCUT2D eigenvalue weighted by atomic mass is 79.9. The molecule has 0 fully saturated rings. The van der Waals surface area contributed by atoms with E-state index in [2.05, 4.69) is 21.2 Å². The minimum atomic E-state index is -0.330. The van der Waals surface area contributed by atoms with Gasteiger partial charge < -0.3 is 5.32 Å². The largest absolute Gasteiger partial charge is 0.325 e. The van der Waals surface area contributed by atoms with Crippen molar-refractivity contribution in [1.82, 2.24) is 0 Å². The smallest absolute Gasteiger partial charge is 0.230 e. The predicted octanol–water partition coefficient (Wildman–Crippen LogP) is 4.13. The SMILES string of the molecule is CCC(C)(C)C(=O)Nc1cccc(C)c1Br. The maximum Gasteiger partial charge on any atom is 0.230 e.